The van der Waals surface area contributed by atoms with E-state index in [0.717, 1.165) is 0 Å². The number of amides is 1. The first-order valence-corrected chi connectivity index (χ1v) is 4.73. The van der Waals surface area contributed by atoms with Crippen LogP contribution >= 0.6 is 0 Å². The molecule has 0 saturated carbocycles. The second-order valence-corrected chi connectivity index (χ2v) is 3.95. The van der Waals surface area contributed by atoms with Crippen LogP contribution in [0.15, 0.2) is 18.7 Å². The minimum absolute atomic E-state index is 0.462. The van der Waals surface area contributed by atoms with Crippen molar-refractivity contribution in [3.63, 3.8) is 0 Å². The number of nitrogens with zero attached hydrogens (tertiary/aromatic N) is 4. The summed E-state index contributed by atoms with van der Waals surface area (Å²) in [5.74, 6) is 0.0135. The summed E-state index contributed by atoms with van der Waals surface area (Å²) in [5, 5.41) is 10.6. The third kappa shape index (κ3) is 1.67. The number of hydrogen-bond donors (Lipinski definition) is 2. The van der Waals surface area contributed by atoms with Gasteiger partial charge in [0.15, 0.2) is 5.82 Å². The summed E-state index contributed by atoms with van der Waals surface area (Å²) in [7, 11) is 0. The average molecular weight is 220 g/mol. The molecule has 2 aromatic heterocycles. The summed E-state index contributed by atoms with van der Waals surface area (Å²) in [5.41, 5.74) is 4.93. The molecule has 0 aliphatic heterocycles. The average Bonchev–Trinajstić information content (AvgIpc) is 2.65. The molecule has 2 rings (SSSR count). The molecule has 0 bridgehead atoms. The van der Waals surface area contributed by atoms with Crippen molar-refractivity contribution in [2.45, 2.75) is 19.4 Å². The van der Waals surface area contributed by atoms with Crippen LogP contribution in [0.4, 0.5) is 5.82 Å². The maximum atomic E-state index is 11.2. The van der Waals surface area contributed by atoms with E-state index in [0.29, 0.717) is 11.5 Å². The Labute approximate surface area is 91.7 Å². The summed E-state index contributed by atoms with van der Waals surface area (Å²) in [6.45, 7) is 3.35. The third-order valence-electron chi connectivity index (χ3n) is 2.26. The van der Waals surface area contributed by atoms with E-state index in [1.54, 1.807) is 37.0 Å². The van der Waals surface area contributed by atoms with E-state index in [-0.39, 0.29) is 0 Å². The topological polar surface area (TPSA) is 98.2 Å². The van der Waals surface area contributed by atoms with Crippen LogP contribution in [0.5, 0.6) is 0 Å². The van der Waals surface area contributed by atoms with Gasteiger partial charge < -0.3 is 11.1 Å². The number of carbonyl (C=O) groups excluding carboxylic acids is 1. The number of nitrogens with one attached hydrogen (secondary N) is 1. The summed E-state index contributed by atoms with van der Waals surface area (Å²) in [6.07, 6.45) is 4.87. The fourth-order valence-electron chi connectivity index (χ4n) is 1.20. The van der Waals surface area contributed by atoms with E-state index in [9.17, 15) is 4.79 Å². The van der Waals surface area contributed by atoms with Crippen molar-refractivity contribution >= 4 is 17.4 Å². The molecule has 2 heterocycles. The highest BCUT2D eigenvalue weighted by Gasteiger charge is 2.26. The molecule has 0 atom stereocenters. The third-order valence-corrected chi connectivity index (χ3v) is 2.26. The van der Waals surface area contributed by atoms with Crippen LogP contribution in [-0.2, 0) is 4.79 Å². The van der Waals surface area contributed by atoms with Crippen LogP contribution in [0.2, 0.25) is 0 Å². The Morgan fingerprint density at radius 1 is 1.56 bits per heavy atom. The molecule has 0 fully saturated rings. The molecule has 7 nitrogen and oxygen atoms in total. The van der Waals surface area contributed by atoms with Gasteiger partial charge in [-0.2, -0.15) is 0 Å². The Bertz CT molecular complexity index is 532. The van der Waals surface area contributed by atoms with Crippen LogP contribution in [-0.4, -0.2) is 31.0 Å². The molecule has 0 unspecified atom stereocenters. The fraction of sp³-hybridized carbons (Fsp3) is 0.333. The van der Waals surface area contributed by atoms with Crippen LogP contribution < -0.4 is 11.1 Å². The van der Waals surface area contributed by atoms with Gasteiger partial charge in [0.1, 0.15) is 11.9 Å². The van der Waals surface area contributed by atoms with Crippen LogP contribution in [0.1, 0.15) is 13.8 Å². The first kappa shape index (κ1) is 10.3. The van der Waals surface area contributed by atoms with Crippen LogP contribution in [0.25, 0.3) is 5.65 Å². The van der Waals surface area contributed by atoms with Gasteiger partial charge in [0.25, 0.3) is 0 Å². The summed E-state index contributed by atoms with van der Waals surface area (Å²) < 4.78 is 1.70. The maximum Gasteiger partial charge on any atom is 0.242 e. The lowest BCUT2D eigenvalue weighted by Gasteiger charge is -2.22. The van der Waals surface area contributed by atoms with Crippen LogP contribution in [0.3, 0.4) is 0 Å². The summed E-state index contributed by atoms with van der Waals surface area (Å²) in [4.78, 5) is 15.3. The predicted octanol–water partition coefficient (Wildman–Crippen LogP) is -0.200. The SMILES string of the molecule is CC(C)(Nc1nccn2cnnc12)C(N)=O. The zero-order chi connectivity index (χ0) is 11.8. The predicted molar refractivity (Wildman–Crippen MR) is 57.7 cm³/mol. The first-order chi connectivity index (χ1) is 7.50. The molecule has 2 aromatic rings. The Balaban J connectivity index is 2.41. The normalized spacial score (nSPS) is 11.6. The van der Waals surface area contributed by atoms with E-state index in [2.05, 4.69) is 20.5 Å². The minimum Gasteiger partial charge on any atom is -0.368 e. The molecule has 0 aliphatic carbocycles. The number of carbonyl (C=O) groups is 1. The van der Waals surface area contributed by atoms with Gasteiger partial charge in [-0.05, 0) is 13.8 Å². The molecular formula is C9H12N6O. The monoisotopic (exact) mass is 220 g/mol. The number of rotatable bonds is 3. The summed E-state index contributed by atoms with van der Waals surface area (Å²) in [6, 6.07) is 0. The van der Waals surface area contributed by atoms with Gasteiger partial charge in [0.2, 0.25) is 11.6 Å². The van der Waals surface area contributed by atoms with E-state index >= 15 is 0 Å². The van der Waals surface area contributed by atoms with Gasteiger partial charge in [-0.1, -0.05) is 0 Å². The van der Waals surface area contributed by atoms with E-state index in [4.69, 9.17) is 5.73 Å². The Morgan fingerprint density at radius 3 is 3.00 bits per heavy atom. The van der Waals surface area contributed by atoms with Crippen molar-refractivity contribution in [2.24, 2.45) is 5.73 Å². The van der Waals surface area contributed by atoms with Crippen molar-refractivity contribution < 1.29 is 4.79 Å². The molecule has 0 saturated heterocycles. The lowest BCUT2D eigenvalue weighted by atomic mass is 10.1. The first-order valence-electron chi connectivity index (χ1n) is 4.73. The number of anilines is 1. The lowest BCUT2D eigenvalue weighted by Crippen LogP contribution is -2.45. The van der Waals surface area contributed by atoms with E-state index in [1.165, 1.54) is 0 Å². The zero-order valence-electron chi connectivity index (χ0n) is 9.01. The molecule has 1 amide bonds. The molecular weight excluding hydrogens is 208 g/mol. The number of nitrogens with two attached hydrogens (primary N) is 1. The number of aromatic nitrogens is 4. The van der Waals surface area contributed by atoms with E-state index < -0.39 is 11.4 Å². The molecule has 0 aromatic carbocycles. The molecule has 16 heavy (non-hydrogen) atoms. The quantitative estimate of drug-likeness (QED) is 0.746. The highest BCUT2D eigenvalue weighted by atomic mass is 16.1. The van der Waals surface area contributed by atoms with Gasteiger partial charge in [0, 0.05) is 12.4 Å². The standard InChI is InChI=1S/C9H12N6O/c1-9(2,8(10)16)13-6-7-14-12-5-15(7)4-3-11-6/h3-5H,1-2H3,(H2,10,16)(H,11,13). The van der Waals surface area contributed by atoms with Crippen molar-refractivity contribution in [3.8, 4) is 0 Å². The largest absolute Gasteiger partial charge is 0.368 e. The minimum atomic E-state index is -0.888. The maximum absolute atomic E-state index is 11.2. The Hall–Kier alpha value is -2.18. The number of hydrogen-bond acceptors (Lipinski definition) is 5. The van der Waals surface area contributed by atoms with Gasteiger partial charge in [-0.15, -0.1) is 10.2 Å². The summed E-state index contributed by atoms with van der Waals surface area (Å²) >= 11 is 0. The molecule has 0 aliphatic rings. The highest BCUT2D eigenvalue weighted by Crippen LogP contribution is 2.15. The van der Waals surface area contributed by atoms with Crippen molar-refractivity contribution in [1.29, 1.82) is 0 Å². The lowest BCUT2D eigenvalue weighted by molar-refractivity contribution is -0.121. The van der Waals surface area contributed by atoms with Gasteiger partial charge >= 0.3 is 0 Å². The van der Waals surface area contributed by atoms with Crippen molar-refractivity contribution in [3.05, 3.63) is 18.7 Å². The second kappa shape index (κ2) is 3.44. The molecule has 84 valence electrons. The molecule has 0 radical (unpaired) electrons. The Morgan fingerprint density at radius 2 is 2.31 bits per heavy atom. The number of primary amides is 1. The van der Waals surface area contributed by atoms with Gasteiger partial charge in [-0.3, -0.25) is 9.20 Å². The van der Waals surface area contributed by atoms with Crippen molar-refractivity contribution in [2.75, 3.05) is 5.32 Å². The molecule has 3 N–H and O–H groups in total. The number of fused-ring (bicyclic) bond motifs is 1. The second-order valence-electron chi connectivity index (χ2n) is 3.95. The van der Waals surface area contributed by atoms with Gasteiger partial charge in [-0.25, -0.2) is 4.98 Å². The van der Waals surface area contributed by atoms with E-state index in [1.807, 2.05) is 0 Å². The zero-order valence-corrected chi connectivity index (χ0v) is 9.01. The smallest absolute Gasteiger partial charge is 0.242 e. The van der Waals surface area contributed by atoms with Crippen molar-refractivity contribution in [1.82, 2.24) is 19.6 Å². The molecule has 7 heteroatoms. The molecule has 0 spiro atoms. The van der Waals surface area contributed by atoms with Crippen LogP contribution in [0, 0.1) is 0 Å². The highest BCUT2D eigenvalue weighted by molar-refractivity contribution is 5.87. The fourth-order valence-corrected chi connectivity index (χ4v) is 1.20. The Kier molecular flexibility index (Phi) is 2.22. The van der Waals surface area contributed by atoms with Gasteiger partial charge in [0.05, 0.1) is 0 Å².